The second-order valence-corrected chi connectivity index (χ2v) is 9.30. The molecule has 0 saturated carbocycles. The van der Waals surface area contributed by atoms with Crippen molar-refractivity contribution < 1.29 is 4.79 Å². The molecule has 5 heteroatoms. The van der Waals surface area contributed by atoms with E-state index in [2.05, 4.69) is 70.5 Å². The fourth-order valence-electron chi connectivity index (χ4n) is 4.53. The standard InChI is InChI=1S/C30H28ClN3O/c31-26-12-8-11-25(20-26)30(35)32-18-7-1-2-15-29-33-27-13-5-6-14-28(27)34(29)21-22-16-17-23-9-3-4-10-24(23)19-22/h3-6,8-14,16-17,19-20H,1-2,7,15,18,21H2,(H,32,35). The number of halogens is 1. The minimum absolute atomic E-state index is 0.0790. The van der Waals surface area contributed by atoms with Crippen molar-refractivity contribution in [3.63, 3.8) is 0 Å². The Kier molecular flexibility index (Phi) is 7.10. The first-order valence-electron chi connectivity index (χ1n) is 12.1. The maximum atomic E-state index is 12.3. The molecule has 176 valence electrons. The summed E-state index contributed by atoms with van der Waals surface area (Å²) >= 11 is 5.98. The van der Waals surface area contributed by atoms with Gasteiger partial charge in [-0.25, -0.2) is 4.98 Å². The van der Waals surface area contributed by atoms with E-state index in [9.17, 15) is 4.79 Å². The molecule has 4 aromatic carbocycles. The molecule has 0 aliphatic rings. The summed E-state index contributed by atoms with van der Waals surface area (Å²) in [6, 6.07) is 30.5. The van der Waals surface area contributed by atoms with Crippen LogP contribution in [-0.2, 0) is 13.0 Å². The van der Waals surface area contributed by atoms with Crippen molar-refractivity contribution in [1.29, 1.82) is 0 Å². The number of hydrogen-bond acceptors (Lipinski definition) is 2. The van der Waals surface area contributed by atoms with Gasteiger partial charge in [-0.15, -0.1) is 0 Å². The smallest absolute Gasteiger partial charge is 0.251 e. The lowest BCUT2D eigenvalue weighted by Gasteiger charge is -2.11. The van der Waals surface area contributed by atoms with Crippen LogP contribution in [0.3, 0.4) is 0 Å². The SMILES string of the molecule is O=C(NCCCCCc1nc2ccccc2n1Cc1ccc2ccccc2c1)c1cccc(Cl)c1. The number of benzene rings is 4. The van der Waals surface area contributed by atoms with E-state index in [1.54, 1.807) is 24.3 Å². The number of imidazole rings is 1. The van der Waals surface area contributed by atoms with Gasteiger partial charge in [0.1, 0.15) is 5.82 Å². The summed E-state index contributed by atoms with van der Waals surface area (Å²) in [5, 5.41) is 6.08. The Bertz CT molecular complexity index is 1470. The fraction of sp³-hybridized carbons (Fsp3) is 0.200. The number of fused-ring (bicyclic) bond motifs is 2. The number of carbonyl (C=O) groups is 1. The van der Waals surface area contributed by atoms with E-state index in [1.807, 2.05) is 6.07 Å². The Balaban J connectivity index is 1.21. The number of aryl methyl sites for hydroxylation is 1. The minimum Gasteiger partial charge on any atom is -0.352 e. The maximum absolute atomic E-state index is 12.3. The number of nitrogens with zero attached hydrogens (tertiary/aromatic N) is 2. The molecule has 1 heterocycles. The molecule has 0 saturated heterocycles. The Morgan fingerprint density at radius 1 is 0.829 bits per heavy atom. The van der Waals surface area contributed by atoms with E-state index < -0.39 is 0 Å². The topological polar surface area (TPSA) is 46.9 Å². The van der Waals surface area contributed by atoms with Gasteiger partial charge in [-0.3, -0.25) is 4.79 Å². The summed E-state index contributed by atoms with van der Waals surface area (Å²) in [5.74, 6) is 1.03. The number of nitrogens with one attached hydrogen (secondary N) is 1. The van der Waals surface area contributed by atoms with Crippen molar-refractivity contribution in [3.05, 3.63) is 113 Å². The third-order valence-electron chi connectivity index (χ3n) is 6.34. The van der Waals surface area contributed by atoms with Crippen LogP contribution in [0.15, 0.2) is 91.0 Å². The number of carbonyl (C=O) groups excluding carboxylic acids is 1. The first-order valence-corrected chi connectivity index (χ1v) is 12.5. The van der Waals surface area contributed by atoms with Gasteiger partial charge in [0.25, 0.3) is 5.91 Å². The molecule has 0 unspecified atom stereocenters. The molecule has 1 aromatic heterocycles. The highest BCUT2D eigenvalue weighted by atomic mass is 35.5. The number of amides is 1. The molecule has 0 aliphatic carbocycles. The molecular formula is C30H28ClN3O. The maximum Gasteiger partial charge on any atom is 0.251 e. The highest BCUT2D eigenvalue weighted by Crippen LogP contribution is 2.22. The van der Waals surface area contributed by atoms with Gasteiger partial charge in [0.05, 0.1) is 11.0 Å². The minimum atomic E-state index is -0.0790. The number of para-hydroxylation sites is 2. The van der Waals surface area contributed by atoms with Gasteiger partial charge in [0.15, 0.2) is 0 Å². The van der Waals surface area contributed by atoms with E-state index in [4.69, 9.17) is 16.6 Å². The van der Waals surface area contributed by atoms with Crippen molar-refractivity contribution in [1.82, 2.24) is 14.9 Å². The summed E-state index contributed by atoms with van der Waals surface area (Å²) in [4.78, 5) is 17.2. The first kappa shape index (κ1) is 23.1. The summed E-state index contributed by atoms with van der Waals surface area (Å²) in [6.07, 6.45) is 3.88. The summed E-state index contributed by atoms with van der Waals surface area (Å²) in [7, 11) is 0. The normalized spacial score (nSPS) is 11.2. The molecule has 1 amide bonds. The molecule has 0 fully saturated rings. The molecule has 5 aromatic rings. The third-order valence-corrected chi connectivity index (χ3v) is 6.57. The van der Waals surface area contributed by atoms with Crippen molar-refractivity contribution in [2.24, 2.45) is 0 Å². The molecule has 4 nitrogen and oxygen atoms in total. The van der Waals surface area contributed by atoms with E-state index >= 15 is 0 Å². The number of hydrogen-bond donors (Lipinski definition) is 1. The summed E-state index contributed by atoms with van der Waals surface area (Å²) < 4.78 is 2.35. The van der Waals surface area contributed by atoms with Crippen LogP contribution in [0.25, 0.3) is 21.8 Å². The van der Waals surface area contributed by atoms with Crippen LogP contribution in [0.2, 0.25) is 5.02 Å². The van der Waals surface area contributed by atoms with Gasteiger partial charge in [-0.05, 0) is 65.6 Å². The zero-order valence-electron chi connectivity index (χ0n) is 19.6. The molecule has 5 rings (SSSR count). The summed E-state index contributed by atoms with van der Waals surface area (Å²) in [5.41, 5.74) is 4.08. The number of unbranched alkanes of at least 4 members (excludes halogenated alkanes) is 2. The third kappa shape index (κ3) is 5.55. The van der Waals surface area contributed by atoms with E-state index in [1.165, 1.54) is 21.9 Å². The van der Waals surface area contributed by atoms with Crippen LogP contribution in [0.4, 0.5) is 0 Å². The second-order valence-electron chi connectivity index (χ2n) is 8.86. The second kappa shape index (κ2) is 10.7. The van der Waals surface area contributed by atoms with E-state index in [0.29, 0.717) is 17.1 Å². The zero-order valence-corrected chi connectivity index (χ0v) is 20.3. The van der Waals surface area contributed by atoms with Gasteiger partial charge in [-0.2, -0.15) is 0 Å². The van der Waals surface area contributed by atoms with Crippen molar-refractivity contribution >= 4 is 39.3 Å². The van der Waals surface area contributed by atoms with Crippen LogP contribution in [-0.4, -0.2) is 22.0 Å². The van der Waals surface area contributed by atoms with Crippen molar-refractivity contribution in [2.75, 3.05) is 6.54 Å². The van der Waals surface area contributed by atoms with Crippen LogP contribution in [0.1, 0.15) is 41.0 Å². The lowest BCUT2D eigenvalue weighted by Crippen LogP contribution is -2.24. The number of rotatable bonds is 9. The predicted molar refractivity (Wildman–Crippen MR) is 144 cm³/mol. The Morgan fingerprint density at radius 3 is 2.54 bits per heavy atom. The molecule has 0 bridgehead atoms. The average molecular weight is 482 g/mol. The molecular weight excluding hydrogens is 454 g/mol. The molecule has 0 aliphatic heterocycles. The Labute approximate surface area is 210 Å². The van der Waals surface area contributed by atoms with Crippen LogP contribution < -0.4 is 5.32 Å². The fourth-order valence-corrected chi connectivity index (χ4v) is 4.72. The molecule has 0 radical (unpaired) electrons. The zero-order chi connectivity index (χ0) is 24.0. The summed E-state index contributed by atoms with van der Waals surface area (Å²) in [6.45, 7) is 1.45. The quantitative estimate of drug-likeness (QED) is 0.230. The van der Waals surface area contributed by atoms with Crippen LogP contribution in [0, 0.1) is 0 Å². The Morgan fingerprint density at radius 2 is 1.66 bits per heavy atom. The largest absolute Gasteiger partial charge is 0.352 e. The predicted octanol–water partition coefficient (Wildman–Crippen LogP) is 7.03. The van der Waals surface area contributed by atoms with Gasteiger partial charge >= 0.3 is 0 Å². The molecule has 0 spiro atoms. The molecule has 35 heavy (non-hydrogen) atoms. The monoisotopic (exact) mass is 481 g/mol. The van der Waals surface area contributed by atoms with Gasteiger partial charge < -0.3 is 9.88 Å². The first-order chi connectivity index (χ1) is 17.2. The van der Waals surface area contributed by atoms with E-state index in [0.717, 1.165) is 43.6 Å². The van der Waals surface area contributed by atoms with E-state index in [-0.39, 0.29) is 5.91 Å². The molecule has 1 N–H and O–H groups in total. The van der Waals surface area contributed by atoms with Crippen LogP contribution >= 0.6 is 11.6 Å². The van der Waals surface area contributed by atoms with Gasteiger partial charge in [0, 0.05) is 30.1 Å². The number of aromatic nitrogens is 2. The van der Waals surface area contributed by atoms with Crippen molar-refractivity contribution in [2.45, 2.75) is 32.2 Å². The van der Waals surface area contributed by atoms with Gasteiger partial charge in [-0.1, -0.05) is 72.6 Å². The average Bonchev–Trinajstić information content (AvgIpc) is 3.23. The highest BCUT2D eigenvalue weighted by molar-refractivity contribution is 6.30. The lowest BCUT2D eigenvalue weighted by atomic mass is 10.1. The lowest BCUT2D eigenvalue weighted by molar-refractivity contribution is 0.0953. The highest BCUT2D eigenvalue weighted by Gasteiger charge is 2.11. The van der Waals surface area contributed by atoms with Crippen LogP contribution in [0.5, 0.6) is 0 Å². The molecule has 0 atom stereocenters. The van der Waals surface area contributed by atoms with Gasteiger partial charge in [0.2, 0.25) is 0 Å². The Hall–Kier alpha value is -3.63. The van der Waals surface area contributed by atoms with Crippen molar-refractivity contribution in [3.8, 4) is 0 Å².